The minimum absolute atomic E-state index is 0.345. The number of anilines is 1. The van der Waals surface area contributed by atoms with E-state index in [1.807, 2.05) is 78.2 Å². The zero-order chi connectivity index (χ0) is 28.8. The molecule has 1 atom stereocenters. The largest absolute Gasteiger partial charge is 0.327 e. The van der Waals surface area contributed by atoms with Crippen LogP contribution in [0.1, 0.15) is 34.1 Å². The third kappa shape index (κ3) is 7.50. The number of hydrogen-bond acceptors (Lipinski definition) is 4. The molecule has 1 unspecified atom stereocenters. The molecule has 41 heavy (non-hydrogen) atoms. The number of benzene rings is 4. The predicted molar refractivity (Wildman–Crippen MR) is 168 cm³/mol. The van der Waals surface area contributed by atoms with Crippen molar-refractivity contribution in [1.29, 1.82) is 0 Å². The molecule has 1 aromatic heterocycles. The maximum Gasteiger partial charge on any atom is 0.319 e. The lowest BCUT2D eigenvalue weighted by atomic mass is 10.1. The monoisotopic (exact) mass is 601 g/mol. The minimum atomic E-state index is -0.519. The van der Waals surface area contributed by atoms with Crippen LogP contribution in [0.5, 0.6) is 0 Å². The Morgan fingerprint density at radius 1 is 0.854 bits per heavy atom. The van der Waals surface area contributed by atoms with Crippen molar-refractivity contribution in [2.24, 2.45) is 0 Å². The van der Waals surface area contributed by atoms with Crippen molar-refractivity contribution in [3.05, 3.63) is 135 Å². The second-order valence-electron chi connectivity index (χ2n) is 9.76. The number of rotatable bonds is 9. The number of halogens is 2. The van der Waals surface area contributed by atoms with Crippen LogP contribution in [0.3, 0.4) is 0 Å². The van der Waals surface area contributed by atoms with Crippen LogP contribution in [0.15, 0.2) is 102 Å². The average molecular weight is 603 g/mol. The molecule has 2 N–H and O–H groups in total. The van der Waals surface area contributed by atoms with Crippen molar-refractivity contribution in [3.8, 4) is 5.69 Å². The van der Waals surface area contributed by atoms with Crippen LogP contribution >= 0.6 is 35.0 Å². The first-order chi connectivity index (χ1) is 19.9. The minimum Gasteiger partial charge on any atom is -0.327 e. The maximum atomic E-state index is 13.3. The number of carbonyl (C=O) groups excluding carboxylic acids is 1. The van der Waals surface area contributed by atoms with E-state index in [2.05, 4.69) is 46.0 Å². The van der Waals surface area contributed by atoms with Gasteiger partial charge in [-0.3, -0.25) is 4.57 Å². The molecule has 5 rings (SSSR count). The van der Waals surface area contributed by atoms with Gasteiger partial charge in [-0.25, -0.2) is 4.79 Å². The van der Waals surface area contributed by atoms with Crippen LogP contribution in [-0.4, -0.2) is 20.8 Å². The summed E-state index contributed by atoms with van der Waals surface area (Å²) >= 11 is 14.5. The molecule has 0 radical (unpaired) electrons. The molecular weight excluding hydrogens is 573 g/mol. The molecule has 0 spiro atoms. The first kappa shape index (κ1) is 28.7. The first-order valence-corrected chi connectivity index (χ1v) is 14.9. The molecule has 0 aliphatic heterocycles. The fourth-order valence-corrected chi connectivity index (χ4v) is 5.93. The molecule has 0 bridgehead atoms. The summed E-state index contributed by atoms with van der Waals surface area (Å²) in [5, 5.41) is 16.9. The van der Waals surface area contributed by atoms with Gasteiger partial charge in [0.25, 0.3) is 0 Å². The van der Waals surface area contributed by atoms with Gasteiger partial charge in [-0.1, -0.05) is 107 Å². The van der Waals surface area contributed by atoms with Crippen molar-refractivity contribution in [3.63, 3.8) is 0 Å². The Morgan fingerprint density at radius 2 is 1.59 bits per heavy atom. The lowest BCUT2D eigenvalue weighted by Crippen LogP contribution is -2.35. The number of aromatic nitrogens is 3. The highest BCUT2D eigenvalue weighted by molar-refractivity contribution is 7.98. The number of carbonyl (C=O) groups is 1. The number of nitrogens with zero attached hydrogens (tertiary/aromatic N) is 3. The number of nitrogens with one attached hydrogen (secondary N) is 2. The Labute approximate surface area is 254 Å². The predicted octanol–water partition coefficient (Wildman–Crippen LogP) is 8.59. The Hall–Kier alpha value is -3.78. The summed E-state index contributed by atoms with van der Waals surface area (Å²) in [4.78, 5) is 13.3. The van der Waals surface area contributed by atoms with E-state index in [1.54, 1.807) is 23.9 Å². The molecule has 0 fully saturated rings. The average Bonchev–Trinajstić information content (AvgIpc) is 3.36. The number of urea groups is 1. The molecule has 6 nitrogen and oxygen atoms in total. The lowest BCUT2D eigenvalue weighted by molar-refractivity contribution is 0.247. The zero-order valence-electron chi connectivity index (χ0n) is 22.6. The second-order valence-corrected chi connectivity index (χ2v) is 11.5. The van der Waals surface area contributed by atoms with E-state index < -0.39 is 6.04 Å². The molecule has 1 heterocycles. The highest BCUT2D eigenvalue weighted by atomic mass is 35.5. The molecule has 9 heteroatoms. The van der Waals surface area contributed by atoms with E-state index in [0.29, 0.717) is 44.6 Å². The normalized spacial score (nSPS) is 11.7. The van der Waals surface area contributed by atoms with E-state index >= 15 is 0 Å². The molecule has 208 valence electrons. The van der Waals surface area contributed by atoms with Gasteiger partial charge in [0.05, 0.1) is 16.8 Å². The van der Waals surface area contributed by atoms with Gasteiger partial charge < -0.3 is 10.6 Å². The van der Waals surface area contributed by atoms with Crippen LogP contribution in [0, 0.1) is 13.8 Å². The zero-order valence-corrected chi connectivity index (χ0v) is 25.0. The fraction of sp³-hybridized carbons (Fsp3) is 0.156. The second kappa shape index (κ2) is 13.3. The van der Waals surface area contributed by atoms with Gasteiger partial charge in [0.1, 0.15) is 0 Å². The Morgan fingerprint density at radius 3 is 2.32 bits per heavy atom. The third-order valence-electron chi connectivity index (χ3n) is 6.44. The highest BCUT2D eigenvalue weighted by Gasteiger charge is 2.26. The van der Waals surface area contributed by atoms with E-state index in [-0.39, 0.29) is 6.03 Å². The Bertz CT molecular complexity index is 1660. The van der Waals surface area contributed by atoms with Crippen molar-refractivity contribution in [2.75, 3.05) is 5.32 Å². The van der Waals surface area contributed by atoms with Crippen molar-refractivity contribution >= 4 is 46.7 Å². The van der Waals surface area contributed by atoms with Crippen molar-refractivity contribution < 1.29 is 4.79 Å². The van der Waals surface area contributed by atoms with Crippen LogP contribution in [0.25, 0.3) is 5.69 Å². The van der Waals surface area contributed by atoms with Gasteiger partial charge in [-0.05, 0) is 60.9 Å². The summed E-state index contributed by atoms with van der Waals surface area (Å²) in [6, 6.07) is 30.4. The Balaban J connectivity index is 1.53. The topological polar surface area (TPSA) is 71.8 Å². The van der Waals surface area contributed by atoms with Gasteiger partial charge in [0.2, 0.25) is 0 Å². The quantitative estimate of drug-likeness (QED) is 0.166. The van der Waals surface area contributed by atoms with Gasteiger partial charge in [0.15, 0.2) is 11.0 Å². The summed E-state index contributed by atoms with van der Waals surface area (Å²) in [6.07, 6.45) is 0.494. The van der Waals surface area contributed by atoms with E-state index in [4.69, 9.17) is 23.2 Å². The van der Waals surface area contributed by atoms with Gasteiger partial charge in [-0.2, -0.15) is 0 Å². The number of hydrogen-bond donors (Lipinski definition) is 2. The first-order valence-electron chi connectivity index (χ1n) is 13.1. The molecule has 0 saturated heterocycles. The third-order valence-corrected chi connectivity index (χ3v) is 7.97. The molecule has 5 aromatic rings. The number of thioether (sulfide) groups is 1. The Kier molecular flexibility index (Phi) is 9.29. The van der Waals surface area contributed by atoms with Crippen LogP contribution in [-0.2, 0) is 12.2 Å². The van der Waals surface area contributed by atoms with Gasteiger partial charge in [-0.15, -0.1) is 10.2 Å². The molecule has 4 aromatic carbocycles. The molecule has 0 saturated carbocycles. The number of amides is 2. The lowest BCUT2D eigenvalue weighted by Gasteiger charge is -2.21. The number of aryl methyl sites for hydroxylation is 2. The van der Waals surface area contributed by atoms with Gasteiger partial charge >= 0.3 is 6.03 Å². The molecule has 0 aliphatic rings. The van der Waals surface area contributed by atoms with Crippen molar-refractivity contribution in [1.82, 2.24) is 20.1 Å². The summed E-state index contributed by atoms with van der Waals surface area (Å²) in [6.45, 7) is 4.06. The summed E-state index contributed by atoms with van der Waals surface area (Å²) < 4.78 is 1.92. The highest BCUT2D eigenvalue weighted by Crippen LogP contribution is 2.33. The molecular formula is C32H29Cl2N5OS. The summed E-state index contributed by atoms with van der Waals surface area (Å²) in [5.74, 6) is 1.25. The summed E-state index contributed by atoms with van der Waals surface area (Å²) in [7, 11) is 0. The maximum absolute atomic E-state index is 13.3. The smallest absolute Gasteiger partial charge is 0.319 e. The van der Waals surface area contributed by atoms with Crippen LogP contribution in [0.4, 0.5) is 10.5 Å². The standard InChI is InChI=1S/C32H29Cl2N5OS/c1-21-8-6-12-24(16-21)20-41-32-38-37-30(39(32)29-15-14-25(33)19-27(29)34)28(18-23-10-4-3-5-11-23)36-31(40)35-26-13-7-9-22(2)17-26/h3-17,19,28H,18,20H2,1-2H3,(H2,35,36,40). The SMILES string of the molecule is Cc1cccc(CSc2nnc(C(Cc3ccccc3)NC(=O)Nc3cccc(C)c3)n2-c2ccc(Cl)cc2Cl)c1. The van der Waals surface area contributed by atoms with Gasteiger partial charge in [0, 0.05) is 22.9 Å². The van der Waals surface area contributed by atoms with Crippen LogP contribution < -0.4 is 10.6 Å². The van der Waals surface area contributed by atoms with E-state index in [9.17, 15) is 4.79 Å². The van der Waals surface area contributed by atoms with Crippen LogP contribution in [0.2, 0.25) is 10.0 Å². The summed E-state index contributed by atoms with van der Waals surface area (Å²) in [5.41, 5.74) is 5.84. The molecule has 0 aliphatic carbocycles. The van der Waals surface area contributed by atoms with E-state index in [0.717, 1.165) is 11.1 Å². The fourth-order valence-electron chi connectivity index (χ4n) is 4.54. The van der Waals surface area contributed by atoms with Crippen molar-refractivity contribution in [2.45, 2.75) is 37.2 Å². The van der Waals surface area contributed by atoms with E-state index in [1.165, 1.54) is 11.1 Å². The molecule has 2 amide bonds.